The third-order valence-corrected chi connectivity index (χ3v) is 4.71. The molecule has 26 heavy (non-hydrogen) atoms. The van der Waals surface area contributed by atoms with Crippen molar-refractivity contribution in [2.75, 3.05) is 32.8 Å². The molecule has 0 unspecified atom stereocenters. The van der Waals surface area contributed by atoms with Crippen LogP contribution in [0.1, 0.15) is 30.8 Å². The Morgan fingerprint density at radius 1 is 1.27 bits per heavy atom. The van der Waals surface area contributed by atoms with Crippen LogP contribution >= 0.6 is 0 Å². The molecule has 1 saturated heterocycles. The van der Waals surface area contributed by atoms with Gasteiger partial charge in [-0.25, -0.2) is 5.10 Å². The van der Waals surface area contributed by atoms with Gasteiger partial charge in [0.15, 0.2) is 5.69 Å². The Morgan fingerprint density at radius 2 is 1.96 bits per heavy atom. The van der Waals surface area contributed by atoms with Crippen molar-refractivity contribution >= 4 is 16.7 Å². The summed E-state index contributed by atoms with van der Waals surface area (Å²) in [5.74, 6) is 0.270. The summed E-state index contributed by atoms with van der Waals surface area (Å²) in [6.07, 6.45) is 1.00. The van der Waals surface area contributed by atoms with E-state index >= 15 is 0 Å². The van der Waals surface area contributed by atoms with E-state index in [1.54, 1.807) is 24.3 Å². The number of amides is 1. The molecule has 2 heterocycles. The first-order valence-electron chi connectivity index (χ1n) is 9.13. The van der Waals surface area contributed by atoms with E-state index in [-0.39, 0.29) is 23.2 Å². The zero-order chi connectivity index (χ0) is 18.5. The summed E-state index contributed by atoms with van der Waals surface area (Å²) in [5.41, 5.74) is -0.0337. The van der Waals surface area contributed by atoms with E-state index in [4.69, 9.17) is 4.74 Å². The summed E-state index contributed by atoms with van der Waals surface area (Å²) in [7, 11) is 0. The lowest BCUT2D eigenvalue weighted by atomic mass is 10.0. The van der Waals surface area contributed by atoms with Gasteiger partial charge in [0.25, 0.3) is 11.5 Å². The second kappa shape index (κ2) is 8.42. The van der Waals surface area contributed by atoms with Gasteiger partial charge in [0.05, 0.1) is 18.6 Å². The number of fused-ring (bicyclic) bond motifs is 1. The Balaban J connectivity index is 1.74. The van der Waals surface area contributed by atoms with Crippen molar-refractivity contribution in [3.63, 3.8) is 0 Å². The number of hydrogen-bond donors (Lipinski definition) is 2. The molecule has 1 amide bonds. The van der Waals surface area contributed by atoms with E-state index in [2.05, 4.69) is 34.3 Å². The number of nitrogens with zero attached hydrogens (tertiary/aromatic N) is 2. The maximum atomic E-state index is 12.7. The molecule has 0 spiro atoms. The van der Waals surface area contributed by atoms with Crippen LogP contribution in [0.15, 0.2) is 29.1 Å². The van der Waals surface area contributed by atoms with Crippen LogP contribution < -0.4 is 10.9 Å². The van der Waals surface area contributed by atoms with Crippen LogP contribution in [0.4, 0.5) is 0 Å². The number of morpholine rings is 1. The van der Waals surface area contributed by atoms with E-state index in [1.807, 2.05) is 0 Å². The quantitative estimate of drug-likeness (QED) is 0.815. The van der Waals surface area contributed by atoms with Crippen molar-refractivity contribution < 1.29 is 9.53 Å². The number of benzene rings is 1. The Hall–Kier alpha value is -2.25. The molecule has 0 aliphatic carbocycles. The van der Waals surface area contributed by atoms with Gasteiger partial charge in [-0.2, -0.15) is 5.10 Å². The molecule has 2 N–H and O–H groups in total. The summed E-state index contributed by atoms with van der Waals surface area (Å²) < 4.78 is 5.44. The molecular formula is C19H26N4O3. The first-order valence-corrected chi connectivity index (χ1v) is 9.13. The summed E-state index contributed by atoms with van der Waals surface area (Å²) in [4.78, 5) is 27.0. The minimum Gasteiger partial charge on any atom is -0.379 e. The Kier molecular flexibility index (Phi) is 6.00. The van der Waals surface area contributed by atoms with Crippen LogP contribution in [0, 0.1) is 5.92 Å². The molecule has 1 aliphatic heterocycles. The molecule has 0 saturated carbocycles. The third kappa shape index (κ3) is 4.28. The number of carbonyl (C=O) groups excluding carboxylic acids is 1. The predicted octanol–water partition coefficient (Wildman–Crippen LogP) is 1.40. The topological polar surface area (TPSA) is 87.3 Å². The van der Waals surface area contributed by atoms with Gasteiger partial charge in [-0.3, -0.25) is 14.5 Å². The van der Waals surface area contributed by atoms with Gasteiger partial charge in [-0.05, 0) is 18.4 Å². The maximum absolute atomic E-state index is 12.7. The van der Waals surface area contributed by atoms with Gasteiger partial charge in [-0.15, -0.1) is 0 Å². The van der Waals surface area contributed by atoms with Gasteiger partial charge in [0.2, 0.25) is 0 Å². The van der Waals surface area contributed by atoms with Gasteiger partial charge < -0.3 is 10.1 Å². The summed E-state index contributed by atoms with van der Waals surface area (Å²) in [6, 6.07) is 7.28. The average molecular weight is 358 g/mol. The lowest BCUT2D eigenvalue weighted by molar-refractivity contribution is 0.0124. The highest BCUT2D eigenvalue weighted by Gasteiger charge is 2.23. The maximum Gasteiger partial charge on any atom is 0.272 e. The van der Waals surface area contributed by atoms with Crippen molar-refractivity contribution in [2.45, 2.75) is 26.3 Å². The number of aromatic amines is 1. The molecular weight excluding hydrogens is 332 g/mol. The molecule has 3 rings (SSSR count). The molecule has 1 aromatic heterocycles. The van der Waals surface area contributed by atoms with Crippen LogP contribution in [0.25, 0.3) is 10.8 Å². The first-order chi connectivity index (χ1) is 12.6. The first kappa shape index (κ1) is 18.5. The zero-order valence-corrected chi connectivity index (χ0v) is 15.3. The van der Waals surface area contributed by atoms with Gasteiger partial charge in [-0.1, -0.05) is 32.0 Å². The minimum absolute atomic E-state index is 0.255. The highest BCUT2D eigenvalue weighted by Crippen LogP contribution is 2.15. The SMILES string of the molecule is CC(C)C[C@H](CNC(=O)c1n[nH]c(=O)c2ccccc12)N1CCOCC1. The second-order valence-electron chi connectivity index (χ2n) is 7.09. The smallest absolute Gasteiger partial charge is 0.272 e. The Labute approximate surface area is 152 Å². The molecule has 7 heteroatoms. The number of nitrogens with one attached hydrogen (secondary N) is 2. The van der Waals surface area contributed by atoms with E-state index in [1.165, 1.54) is 0 Å². The lowest BCUT2D eigenvalue weighted by Crippen LogP contribution is -2.49. The second-order valence-corrected chi connectivity index (χ2v) is 7.09. The van der Waals surface area contributed by atoms with Crippen LogP contribution in [-0.4, -0.2) is 59.9 Å². The van der Waals surface area contributed by atoms with Gasteiger partial charge >= 0.3 is 0 Å². The molecule has 0 bridgehead atoms. The Morgan fingerprint density at radius 3 is 2.65 bits per heavy atom. The fraction of sp³-hybridized carbons (Fsp3) is 0.526. The van der Waals surface area contributed by atoms with Crippen LogP contribution in [0.2, 0.25) is 0 Å². The molecule has 1 aliphatic rings. The zero-order valence-electron chi connectivity index (χ0n) is 15.3. The van der Waals surface area contributed by atoms with Crippen molar-refractivity contribution in [3.05, 3.63) is 40.3 Å². The number of hydrogen-bond acceptors (Lipinski definition) is 5. The van der Waals surface area contributed by atoms with Crippen molar-refractivity contribution in [1.82, 2.24) is 20.4 Å². The molecule has 2 aromatic rings. The highest BCUT2D eigenvalue weighted by atomic mass is 16.5. The summed E-state index contributed by atoms with van der Waals surface area (Å²) in [5, 5.41) is 10.4. The average Bonchev–Trinajstić information content (AvgIpc) is 2.66. The van der Waals surface area contributed by atoms with E-state index in [0.717, 1.165) is 32.7 Å². The fourth-order valence-electron chi connectivity index (χ4n) is 3.43. The van der Waals surface area contributed by atoms with E-state index < -0.39 is 0 Å². The highest BCUT2D eigenvalue weighted by molar-refractivity contribution is 6.04. The number of aromatic nitrogens is 2. The number of H-pyrrole nitrogens is 1. The normalized spacial score (nSPS) is 16.7. The summed E-state index contributed by atoms with van der Waals surface area (Å²) >= 11 is 0. The van der Waals surface area contributed by atoms with Crippen molar-refractivity contribution in [1.29, 1.82) is 0 Å². The Bertz CT molecular complexity index is 812. The van der Waals surface area contributed by atoms with E-state index in [9.17, 15) is 9.59 Å². The van der Waals surface area contributed by atoms with E-state index in [0.29, 0.717) is 23.2 Å². The molecule has 0 radical (unpaired) electrons. The monoisotopic (exact) mass is 358 g/mol. The van der Waals surface area contributed by atoms with Crippen LogP contribution in [-0.2, 0) is 4.74 Å². The minimum atomic E-state index is -0.289. The largest absolute Gasteiger partial charge is 0.379 e. The molecule has 7 nitrogen and oxygen atoms in total. The molecule has 1 atom stereocenters. The molecule has 1 fully saturated rings. The van der Waals surface area contributed by atoms with Crippen LogP contribution in [0.3, 0.4) is 0 Å². The standard InChI is InChI=1S/C19H26N4O3/c1-13(2)11-14(23-7-9-26-10-8-23)12-20-19(25)17-15-5-3-4-6-16(15)18(24)22-21-17/h3-6,13-14H,7-12H2,1-2H3,(H,20,25)(H,22,24)/t14-/m1/s1. The fourth-order valence-corrected chi connectivity index (χ4v) is 3.43. The van der Waals surface area contributed by atoms with Gasteiger partial charge in [0.1, 0.15) is 0 Å². The summed E-state index contributed by atoms with van der Waals surface area (Å²) in [6.45, 7) is 8.15. The molecule has 140 valence electrons. The van der Waals surface area contributed by atoms with Crippen molar-refractivity contribution in [2.24, 2.45) is 5.92 Å². The number of carbonyl (C=O) groups is 1. The molecule has 1 aromatic carbocycles. The van der Waals surface area contributed by atoms with Crippen LogP contribution in [0.5, 0.6) is 0 Å². The third-order valence-electron chi connectivity index (χ3n) is 4.71. The van der Waals surface area contributed by atoms with Gasteiger partial charge in [0, 0.05) is 31.1 Å². The number of rotatable bonds is 6. The predicted molar refractivity (Wildman–Crippen MR) is 100 cm³/mol. The lowest BCUT2D eigenvalue weighted by Gasteiger charge is -2.35. The number of ether oxygens (including phenoxy) is 1. The van der Waals surface area contributed by atoms with Crippen molar-refractivity contribution in [3.8, 4) is 0 Å².